The van der Waals surface area contributed by atoms with Crippen molar-refractivity contribution in [1.82, 2.24) is 4.90 Å². The predicted octanol–water partition coefficient (Wildman–Crippen LogP) is 3.94. The molecular formula is C26H32BNO7. The summed E-state index contributed by atoms with van der Waals surface area (Å²) in [4.78, 5) is 38.9. The maximum atomic E-state index is 13.2. The number of imide groups is 3. The van der Waals surface area contributed by atoms with E-state index in [4.69, 9.17) is 4.65 Å². The number of carbonyl (C=O) groups is 3. The average molecular weight is 481 g/mol. The fourth-order valence-corrected chi connectivity index (χ4v) is 5.85. The summed E-state index contributed by atoms with van der Waals surface area (Å²) in [6.07, 6.45) is 4.30. The van der Waals surface area contributed by atoms with Gasteiger partial charge in [-0.05, 0) is 67.6 Å². The third-order valence-electron chi connectivity index (χ3n) is 7.54. The molecule has 0 bridgehead atoms. The van der Waals surface area contributed by atoms with Gasteiger partial charge in [0.1, 0.15) is 5.75 Å². The van der Waals surface area contributed by atoms with Gasteiger partial charge in [-0.3, -0.25) is 9.59 Å². The van der Waals surface area contributed by atoms with E-state index in [1.807, 2.05) is 19.1 Å². The van der Waals surface area contributed by atoms with Crippen LogP contribution in [-0.4, -0.2) is 53.3 Å². The minimum atomic E-state index is -1.05. The minimum Gasteiger partial charge on any atom is -0.508 e. The molecule has 0 spiro atoms. The zero-order chi connectivity index (χ0) is 25.3. The molecule has 0 aromatic heterocycles. The smallest absolute Gasteiger partial charge is 0.455 e. The van der Waals surface area contributed by atoms with E-state index >= 15 is 0 Å². The van der Waals surface area contributed by atoms with Crippen LogP contribution in [0.5, 0.6) is 5.75 Å². The molecule has 2 N–H and O–H groups in total. The molecule has 1 aromatic carbocycles. The van der Waals surface area contributed by atoms with Crippen molar-refractivity contribution in [2.45, 2.75) is 58.4 Å². The number of amides is 3. The highest BCUT2D eigenvalue weighted by Gasteiger charge is 2.58. The maximum Gasteiger partial charge on any atom is 0.455 e. The number of nitrogens with zero attached hydrogens (tertiary/aromatic N) is 1. The SMILES string of the molecule is CCC1=C2[C@@H](CC/C(=C/c3ccc(O)cc3)CC)OB(O)C[C@@H]2[C@@H]2C(=O)N(C(=O)OC)C(=O)[C@@H]2C1. The van der Waals surface area contributed by atoms with Crippen LogP contribution in [-0.2, 0) is 19.0 Å². The fourth-order valence-electron chi connectivity index (χ4n) is 5.85. The highest BCUT2D eigenvalue weighted by atomic mass is 16.5. The van der Waals surface area contributed by atoms with Crippen molar-refractivity contribution < 1.29 is 33.9 Å². The van der Waals surface area contributed by atoms with Crippen molar-refractivity contribution in [3.05, 3.63) is 46.5 Å². The van der Waals surface area contributed by atoms with Crippen LogP contribution in [0.1, 0.15) is 51.5 Å². The standard InChI is InChI=1S/C26H32BNO7/c1-4-15(12-16-6-9-18(29)10-7-16)8-11-21-22-17(5-2)13-19-23(20(22)14-27(33)35-21)25(31)28(24(19)30)26(32)34-3/h6-7,9-10,12,19-21,23,29,33H,4-5,8,11,13-14H2,1-3H3/b15-12+/t19-,20+,21-,23-/m1/s1. The van der Waals surface area contributed by atoms with Crippen LogP contribution in [0, 0.1) is 17.8 Å². The Morgan fingerprint density at radius 3 is 2.54 bits per heavy atom. The van der Waals surface area contributed by atoms with E-state index < -0.39 is 36.9 Å². The van der Waals surface area contributed by atoms with Crippen LogP contribution in [0.15, 0.2) is 41.0 Å². The van der Waals surface area contributed by atoms with Gasteiger partial charge in [-0.1, -0.05) is 43.2 Å². The van der Waals surface area contributed by atoms with Gasteiger partial charge in [-0.15, -0.1) is 0 Å². The zero-order valence-electron chi connectivity index (χ0n) is 20.4. The summed E-state index contributed by atoms with van der Waals surface area (Å²) in [5.41, 5.74) is 4.27. The van der Waals surface area contributed by atoms with E-state index in [0.717, 1.165) is 36.7 Å². The Morgan fingerprint density at radius 1 is 1.20 bits per heavy atom. The summed E-state index contributed by atoms with van der Waals surface area (Å²) >= 11 is 0. The van der Waals surface area contributed by atoms with Gasteiger partial charge >= 0.3 is 13.2 Å². The second kappa shape index (κ2) is 10.4. The Bertz CT molecular complexity index is 1060. The molecule has 0 radical (unpaired) electrons. The lowest BCUT2D eigenvalue weighted by Crippen LogP contribution is -2.46. The maximum absolute atomic E-state index is 13.2. The Labute approximate surface area is 205 Å². The molecule has 35 heavy (non-hydrogen) atoms. The third kappa shape index (κ3) is 4.79. The van der Waals surface area contributed by atoms with Gasteiger partial charge in [0.25, 0.3) is 0 Å². The van der Waals surface area contributed by atoms with Crippen LogP contribution in [0.2, 0.25) is 6.32 Å². The van der Waals surface area contributed by atoms with Crippen LogP contribution in [0.25, 0.3) is 6.08 Å². The van der Waals surface area contributed by atoms with Crippen LogP contribution in [0.3, 0.4) is 0 Å². The van der Waals surface area contributed by atoms with Gasteiger partial charge in [0.2, 0.25) is 11.8 Å². The van der Waals surface area contributed by atoms with Gasteiger partial charge in [0.05, 0.1) is 25.0 Å². The van der Waals surface area contributed by atoms with Crippen molar-refractivity contribution in [3.8, 4) is 5.75 Å². The summed E-state index contributed by atoms with van der Waals surface area (Å²) in [7, 11) is 0.101. The molecule has 4 rings (SSSR count). The molecule has 0 unspecified atom stereocenters. The quantitative estimate of drug-likeness (QED) is 0.360. The topological polar surface area (TPSA) is 113 Å². The van der Waals surface area contributed by atoms with E-state index in [2.05, 4.69) is 17.7 Å². The van der Waals surface area contributed by atoms with Crippen molar-refractivity contribution in [3.63, 3.8) is 0 Å². The van der Waals surface area contributed by atoms with Gasteiger partial charge in [-0.2, -0.15) is 4.90 Å². The Balaban J connectivity index is 1.60. The summed E-state index contributed by atoms with van der Waals surface area (Å²) in [6.45, 7) is 4.10. The van der Waals surface area contributed by atoms with Crippen molar-refractivity contribution >= 4 is 31.1 Å². The van der Waals surface area contributed by atoms with Crippen molar-refractivity contribution in [1.29, 1.82) is 0 Å². The number of methoxy groups -OCH3 is 1. The number of fused-ring (bicyclic) bond motifs is 3. The molecule has 4 atom stereocenters. The lowest BCUT2D eigenvalue weighted by atomic mass is 9.58. The molecule has 8 nitrogen and oxygen atoms in total. The highest BCUT2D eigenvalue weighted by molar-refractivity contribution is 6.43. The molecule has 2 aliphatic heterocycles. The monoisotopic (exact) mass is 481 g/mol. The summed E-state index contributed by atoms with van der Waals surface area (Å²) in [6, 6.07) is 7.02. The number of hydrogen-bond donors (Lipinski definition) is 2. The predicted molar refractivity (Wildman–Crippen MR) is 130 cm³/mol. The number of rotatable bonds is 6. The number of benzene rings is 1. The molecular weight excluding hydrogens is 449 g/mol. The number of phenolic OH excluding ortho intramolecular Hbond substituents is 1. The number of hydrogen-bond acceptors (Lipinski definition) is 7. The first-order valence-electron chi connectivity index (χ1n) is 12.3. The Kier molecular flexibility index (Phi) is 7.47. The second-order valence-electron chi connectivity index (χ2n) is 9.44. The molecule has 1 aliphatic carbocycles. The van der Waals surface area contributed by atoms with E-state index in [1.165, 1.54) is 5.57 Å². The molecule has 3 aliphatic rings. The molecule has 2 fully saturated rings. The average Bonchev–Trinajstić information content (AvgIpc) is 3.11. The van der Waals surface area contributed by atoms with Crippen LogP contribution >= 0.6 is 0 Å². The number of phenols is 1. The fraction of sp³-hybridized carbons (Fsp3) is 0.500. The van der Waals surface area contributed by atoms with E-state index in [9.17, 15) is 24.5 Å². The second-order valence-corrected chi connectivity index (χ2v) is 9.44. The van der Waals surface area contributed by atoms with Gasteiger partial charge in [0.15, 0.2) is 0 Å². The van der Waals surface area contributed by atoms with Gasteiger partial charge < -0.3 is 19.5 Å². The lowest BCUT2D eigenvalue weighted by Gasteiger charge is -2.43. The summed E-state index contributed by atoms with van der Waals surface area (Å²) in [5.74, 6) is -2.49. The minimum absolute atomic E-state index is 0.217. The summed E-state index contributed by atoms with van der Waals surface area (Å²) in [5, 5.41) is 20.1. The molecule has 186 valence electrons. The molecule has 0 saturated carbocycles. The summed E-state index contributed by atoms with van der Waals surface area (Å²) < 4.78 is 10.7. The van der Waals surface area contributed by atoms with E-state index in [-0.39, 0.29) is 24.1 Å². The molecule has 9 heteroatoms. The van der Waals surface area contributed by atoms with Crippen molar-refractivity contribution in [2.75, 3.05) is 7.11 Å². The largest absolute Gasteiger partial charge is 0.508 e. The van der Waals surface area contributed by atoms with Crippen LogP contribution in [0.4, 0.5) is 4.79 Å². The van der Waals surface area contributed by atoms with Crippen LogP contribution < -0.4 is 0 Å². The number of ether oxygens (including phenoxy) is 1. The molecule has 1 aromatic rings. The molecule has 2 saturated heterocycles. The lowest BCUT2D eigenvalue weighted by molar-refractivity contribution is -0.137. The Hall–Kier alpha value is -2.91. The number of likely N-dealkylation sites (tertiary alicyclic amines) is 1. The van der Waals surface area contributed by atoms with Gasteiger partial charge in [-0.25, -0.2) is 4.79 Å². The van der Waals surface area contributed by atoms with Gasteiger partial charge in [0, 0.05) is 0 Å². The number of carbonyl (C=O) groups excluding carboxylic acids is 3. The Morgan fingerprint density at radius 2 is 1.91 bits per heavy atom. The van der Waals surface area contributed by atoms with E-state index in [1.54, 1.807) is 12.1 Å². The first kappa shape index (κ1) is 25.2. The number of allylic oxidation sites excluding steroid dienone is 2. The zero-order valence-corrected chi connectivity index (χ0v) is 20.4. The highest BCUT2D eigenvalue weighted by Crippen LogP contribution is 2.51. The number of aromatic hydroxyl groups is 1. The first-order valence-corrected chi connectivity index (χ1v) is 12.3. The third-order valence-corrected chi connectivity index (χ3v) is 7.54. The normalized spacial score (nSPS) is 26.7. The van der Waals surface area contributed by atoms with E-state index in [0.29, 0.717) is 24.2 Å². The molecule has 3 amide bonds. The van der Waals surface area contributed by atoms with Crippen molar-refractivity contribution in [2.24, 2.45) is 17.8 Å². The first-order chi connectivity index (χ1) is 16.8. The molecule has 2 heterocycles.